The average Bonchev–Trinajstić information content (AvgIpc) is 2.36. The first-order valence-electron chi connectivity index (χ1n) is 6.24. The van der Waals surface area contributed by atoms with E-state index >= 15 is 0 Å². The minimum absolute atomic E-state index is 0.160. The molecule has 1 aromatic rings. The molecule has 0 aliphatic rings. The van der Waals surface area contributed by atoms with Crippen molar-refractivity contribution in [1.82, 2.24) is 10.3 Å². The first-order chi connectivity index (χ1) is 8.22. The molecule has 4 nitrogen and oxygen atoms in total. The second-order valence-electron chi connectivity index (χ2n) is 4.10. The Morgan fingerprint density at radius 2 is 2.18 bits per heavy atom. The first-order valence-corrected chi connectivity index (χ1v) is 6.24. The van der Waals surface area contributed by atoms with Gasteiger partial charge in [0.2, 0.25) is 0 Å². The van der Waals surface area contributed by atoms with Crippen molar-refractivity contribution in [3.05, 3.63) is 24.0 Å². The Hall–Kier alpha value is -1.13. The van der Waals surface area contributed by atoms with E-state index in [1.54, 1.807) is 0 Å². The van der Waals surface area contributed by atoms with E-state index in [-0.39, 0.29) is 6.61 Å². The second-order valence-corrected chi connectivity index (χ2v) is 4.10. The van der Waals surface area contributed by atoms with E-state index in [9.17, 15) is 0 Å². The Kier molecular flexibility index (Phi) is 5.94. The van der Waals surface area contributed by atoms with Crippen molar-refractivity contribution in [3.63, 3.8) is 0 Å². The van der Waals surface area contributed by atoms with Crippen LogP contribution in [-0.4, -0.2) is 36.8 Å². The molecule has 1 unspecified atom stereocenters. The number of rotatable bonds is 7. The van der Waals surface area contributed by atoms with Gasteiger partial charge in [-0.15, -0.1) is 0 Å². The molecular formula is C13H23N3O. The van der Waals surface area contributed by atoms with Gasteiger partial charge >= 0.3 is 0 Å². The number of anilines is 1. The largest absolute Gasteiger partial charge is 0.395 e. The van der Waals surface area contributed by atoms with E-state index in [1.807, 2.05) is 18.1 Å². The molecule has 1 rings (SSSR count). The molecule has 1 heterocycles. The predicted molar refractivity (Wildman–Crippen MR) is 71.3 cm³/mol. The molecule has 1 aromatic heterocycles. The van der Waals surface area contributed by atoms with Crippen LogP contribution < -0.4 is 10.2 Å². The van der Waals surface area contributed by atoms with Crippen molar-refractivity contribution in [1.29, 1.82) is 0 Å². The van der Waals surface area contributed by atoms with Gasteiger partial charge in [-0.3, -0.25) is 4.98 Å². The topological polar surface area (TPSA) is 48.4 Å². The van der Waals surface area contributed by atoms with Crippen molar-refractivity contribution in [2.45, 2.75) is 26.3 Å². The summed E-state index contributed by atoms with van der Waals surface area (Å²) in [5.41, 5.74) is 2.12. The molecule has 0 aromatic carbocycles. The van der Waals surface area contributed by atoms with Crippen molar-refractivity contribution in [3.8, 4) is 0 Å². The molecule has 0 fully saturated rings. The smallest absolute Gasteiger partial charge is 0.0606 e. The quantitative estimate of drug-likeness (QED) is 0.756. The molecule has 4 heteroatoms. The number of likely N-dealkylation sites (N-methyl/N-ethyl adjacent to an activating group) is 1. The number of hydrogen-bond donors (Lipinski definition) is 2. The molecule has 0 spiro atoms. The Morgan fingerprint density at radius 3 is 2.65 bits per heavy atom. The third kappa shape index (κ3) is 3.98. The maximum atomic E-state index is 8.88. The summed E-state index contributed by atoms with van der Waals surface area (Å²) in [6.07, 6.45) is 2.90. The lowest BCUT2D eigenvalue weighted by Gasteiger charge is -2.19. The van der Waals surface area contributed by atoms with Crippen LogP contribution in [0.25, 0.3) is 0 Å². The van der Waals surface area contributed by atoms with Gasteiger partial charge in [0.25, 0.3) is 0 Å². The van der Waals surface area contributed by atoms with Crippen molar-refractivity contribution < 1.29 is 5.11 Å². The van der Waals surface area contributed by atoms with Gasteiger partial charge in [0.05, 0.1) is 24.2 Å². The minimum Gasteiger partial charge on any atom is -0.395 e. The number of aliphatic hydroxyl groups is 1. The van der Waals surface area contributed by atoms with Crippen molar-refractivity contribution in [2.75, 3.05) is 31.6 Å². The van der Waals surface area contributed by atoms with E-state index in [4.69, 9.17) is 5.11 Å². The van der Waals surface area contributed by atoms with Crippen LogP contribution in [0, 0.1) is 0 Å². The number of aliphatic hydroxyl groups excluding tert-OH is 1. The predicted octanol–water partition coefficient (Wildman–Crippen LogP) is 1.57. The highest BCUT2D eigenvalue weighted by atomic mass is 16.3. The van der Waals surface area contributed by atoms with Gasteiger partial charge in [-0.25, -0.2) is 0 Å². The van der Waals surface area contributed by atoms with Crippen LogP contribution in [-0.2, 0) is 0 Å². The summed E-state index contributed by atoms with van der Waals surface area (Å²) in [6, 6.07) is 4.44. The lowest BCUT2D eigenvalue weighted by atomic mass is 10.1. The van der Waals surface area contributed by atoms with Crippen LogP contribution in [0.1, 0.15) is 32.0 Å². The molecule has 17 heavy (non-hydrogen) atoms. The van der Waals surface area contributed by atoms with Crippen molar-refractivity contribution >= 4 is 5.69 Å². The maximum absolute atomic E-state index is 8.88. The lowest BCUT2D eigenvalue weighted by Crippen LogP contribution is -2.23. The third-order valence-electron chi connectivity index (χ3n) is 2.86. The van der Waals surface area contributed by atoms with Crippen LogP contribution >= 0.6 is 0 Å². The van der Waals surface area contributed by atoms with E-state index in [0.717, 1.165) is 24.3 Å². The summed E-state index contributed by atoms with van der Waals surface area (Å²) in [6.45, 7) is 6.00. The summed E-state index contributed by atoms with van der Waals surface area (Å²) in [5, 5.41) is 12.3. The summed E-state index contributed by atoms with van der Waals surface area (Å²) in [4.78, 5) is 6.48. The molecule has 0 aliphatic heterocycles. The van der Waals surface area contributed by atoms with E-state index < -0.39 is 0 Å². The molecule has 0 saturated carbocycles. The van der Waals surface area contributed by atoms with E-state index in [2.05, 4.69) is 36.3 Å². The second kappa shape index (κ2) is 7.25. The Balaban J connectivity index is 2.72. The molecule has 0 bridgehead atoms. The first kappa shape index (κ1) is 13.9. The zero-order valence-corrected chi connectivity index (χ0v) is 11.0. The number of nitrogens with zero attached hydrogens (tertiary/aromatic N) is 2. The standard InChI is InChI=1S/C13H23N3O/c1-4-12(14-5-2)13-7-6-11(10-15-13)16(3)8-9-17/h6-7,10,12,14,17H,4-5,8-9H2,1-3H3. The van der Waals surface area contributed by atoms with E-state index in [0.29, 0.717) is 12.6 Å². The molecule has 2 N–H and O–H groups in total. The normalized spacial score (nSPS) is 12.5. The summed E-state index contributed by atoms with van der Waals surface area (Å²) < 4.78 is 0. The molecule has 96 valence electrons. The van der Waals surface area contributed by atoms with Gasteiger partial charge in [-0.1, -0.05) is 13.8 Å². The van der Waals surface area contributed by atoms with Crippen LogP contribution in [0.2, 0.25) is 0 Å². The Bertz CT molecular complexity index is 313. The summed E-state index contributed by atoms with van der Waals surface area (Å²) in [5.74, 6) is 0. The molecule has 0 radical (unpaired) electrons. The maximum Gasteiger partial charge on any atom is 0.0606 e. The van der Waals surface area contributed by atoms with Gasteiger partial charge in [0.1, 0.15) is 0 Å². The van der Waals surface area contributed by atoms with Gasteiger partial charge < -0.3 is 15.3 Å². The highest BCUT2D eigenvalue weighted by Crippen LogP contribution is 2.17. The number of hydrogen-bond acceptors (Lipinski definition) is 4. The molecular weight excluding hydrogens is 214 g/mol. The van der Waals surface area contributed by atoms with Crippen LogP contribution in [0.3, 0.4) is 0 Å². The zero-order chi connectivity index (χ0) is 12.7. The van der Waals surface area contributed by atoms with Gasteiger partial charge in [-0.2, -0.15) is 0 Å². The summed E-state index contributed by atoms with van der Waals surface area (Å²) in [7, 11) is 1.95. The molecule has 0 amide bonds. The fourth-order valence-electron chi connectivity index (χ4n) is 1.81. The SMILES string of the molecule is CCNC(CC)c1ccc(N(C)CCO)cn1. The van der Waals surface area contributed by atoms with Crippen LogP contribution in [0.4, 0.5) is 5.69 Å². The fraction of sp³-hybridized carbons (Fsp3) is 0.615. The molecule has 0 saturated heterocycles. The van der Waals surface area contributed by atoms with Crippen LogP contribution in [0.5, 0.6) is 0 Å². The fourth-order valence-corrected chi connectivity index (χ4v) is 1.81. The Labute approximate surface area is 104 Å². The third-order valence-corrected chi connectivity index (χ3v) is 2.86. The van der Waals surface area contributed by atoms with Crippen molar-refractivity contribution in [2.24, 2.45) is 0 Å². The monoisotopic (exact) mass is 237 g/mol. The number of pyridine rings is 1. The minimum atomic E-state index is 0.160. The van der Waals surface area contributed by atoms with Crippen LogP contribution in [0.15, 0.2) is 18.3 Å². The van der Waals surface area contributed by atoms with Gasteiger partial charge in [-0.05, 0) is 25.1 Å². The lowest BCUT2D eigenvalue weighted by molar-refractivity contribution is 0.304. The van der Waals surface area contributed by atoms with Gasteiger partial charge in [0.15, 0.2) is 0 Å². The molecule has 0 aliphatic carbocycles. The Morgan fingerprint density at radius 1 is 1.41 bits per heavy atom. The summed E-state index contributed by atoms with van der Waals surface area (Å²) >= 11 is 0. The highest BCUT2D eigenvalue weighted by Gasteiger charge is 2.09. The average molecular weight is 237 g/mol. The zero-order valence-electron chi connectivity index (χ0n) is 11.0. The number of nitrogens with one attached hydrogen (secondary N) is 1. The number of aromatic nitrogens is 1. The highest BCUT2D eigenvalue weighted by molar-refractivity contribution is 5.43. The molecule has 1 atom stereocenters. The van der Waals surface area contributed by atoms with E-state index in [1.165, 1.54) is 0 Å². The van der Waals surface area contributed by atoms with Gasteiger partial charge in [0, 0.05) is 19.6 Å².